The molecular formula is C13H12ClFN2O2S. The summed E-state index contributed by atoms with van der Waals surface area (Å²) in [5, 5.41) is -0.164. The van der Waals surface area contributed by atoms with Gasteiger partial charge in [-0.3, -0.25) is 4.72 Å². The number of nitrogen functional groups attached to an aromatic ring is 1. The van der Waals surface area contributed by atoms with Crippen LogP contribution in [0.1, 0.15) is 5.56 Å². The average molecular weight is 315 g/mol. The molecule has 0 amide bonds. The van der Waals surface area contributed by atoms with E-state index in [9.17, 15) is 12.8 Å². The number of nitrogens with one attached hydrogen (secondary N) is 1. The number of nitrogens with two attached hydrogens (primary N) is 1. The van der Waals surface area contributed by atoms with Gasteiger partial charge < -0.3 is 5.73 Å². The summed E-state index contributed by atoms with van der Waals surface area (Å²) >= 11 is 5.62. The maximum absolute atomic E-state index is 13.8. The summed E-state index contributed by atoms with van der Waals surface area (Å²) in [7, 11) is -3.99. The third kappa shape index (κ3) is 2.71. The molecule has 2 rings (SSSR count). The molecule has 0 aliphatic heterocycles. The highest BCUT2D eigenvalue weighted by Gasteiger charge is 2.21. The maximum atomic E-state index is 13.8. The predicted octanol–water partition coefficient (Wildman–Crippen LogP) is 3.17. The standard InChI is InChI=1S/C13H12ClFN2O2S/c1-8-4-2-6-10(16)13(8)20(18,19)17-11-7-3-5-9(14)12(11)15/h2-7,17H,16H2,1H3. The third-order valence-electron chi connectivity index (χ3n) is 2.71. The quantitative estimate of drug-likeness (QED) is 0.855. The van der Waals surface area contributed by atoms with Crippen LogP contribution in [-0.4, -0.2) is 8.42 Å². The summed E-state index contributed by atoms with van der Waals surface area (Å²) < 4.78 is 40.5. The summed E-state index contributed by atoms with van der Waals surface area (Å²) in [5.41, 5.74) is 6.04. The summed E-state index contributed by atoms with van der Waals surface area (Å²) in [5.74, 6) is -0.829. The first-order chi connectivity index (χ1) is 9.33. The fourth-order valence-electron chi connectivity index (χ4n) is 1.82. The molecule has 0 heterocycles. The van der Waals surface area contributed by atoms with Gasteiger partial charge in [0.05, 0.1) is 16.4 Å². The Labute approximate surface area is 121 Å². The van der Waals surface area contributed by atoms with Gasteiger partial charge in [-0.05, 0) is 30.7 Å². The van der Waals surface area contributed by atoms with Crippen molar-refractivity contribution in [1.82, 2.24) is 0 Å². The summed E-state index contributed by atoms with van der Waals surface area (Å²) in [6.45, 7) is 1.61. The Hall–Kier alpha value is -1.79. The smallest absolute Gasteiger partial charge is 0.264 e. The largest absolute Gasteiger partial charge is 0.398 e. The molecule has 2 aromatic rings. The Morgan fingerprint density at radius 2 is 1.85 bits per heavy atom. The number of sulfonamides is 1. The van der Waals surface area contributed by atoms with Gasteiger partial charge in [-0.25, -0.2) is 12.8 Å². The summed E-state index contributed by atoms with van der Waals surface area (Å²) in [6.07, 6.45) is 0. The molecule has 0 bridgehead atoms. The molecule has 0 atom stereocenters. The topological polar surface area (TPSA) is 72.2 Å². The van der Waals surface area contributed by atoms with Crippen LogP contribution < -0.4 is 10.5 Å². The first-order valence-electron chi connectivity index (χ1n) is 5.65. The van der Waals surface area contributed by atoms with Gasteiger partial charge in [0.25, 0.3) is 10.0 Å². The minimum Gasteiger partial charge on any atom is -0.398 e. The molecule has 0 unspecified atom stereocenters. The SMILES string of the molecule is Cc1cccc(N)c1S(=O)(=O)Nc1cccc(Cl)c1F. The van der Waals surface area contributed by atoms with Gasteiger partial charge in [-0.2, -0.15) is 0 Å². The van der Waals surface area contributed by atoms with Crippen molar-refractivity contribution in [2.45, 2.75) is 11.8 Å². The van der Waals surface area contributed by atoms with Crippen LogP contribution in [0.2, 0.25) is 5.02 Å². The Morgan fingerprint density at radius 1 is 1.20 bits per heavy atom. The number of benzene rings is 2. The van der Waals surface area contributed by atoms with E-state index in [1.54, 1.807) is 19.1 Å². The monoisotopic (exact) mass is 314 g/mol. The van der Waals surface area contributed by atoms with E-state index in [1.165, 1.54) is 24.3 Å². The molecule has 3 N–H and O–H groups in total. The second-order valence-electron chi connectivity index (χ2n) is 4.20. The second kappa shape index (κ2) is 5.30. The van der Waals surface area contributed by atoms with Crippen molar-refractivity contribution in [2.75, 3.05) is 10.5 Å². The van der Waals surface area contributed by atoms with Crippen molar-refractivity contribution >= 4 is 33.0 Å². The molecule has 2 aromatic carbocycles. The second-order valence-corrected chi connectivity index (χ2v) is 6.23. The molecule has 20 heavy (non-hydrogen) atoms. The van der Waals surface area contributed by atoms with E-state index in [2.05, 4.69) is 4.72 Å². The van der Waals surface area contributed by atoms with Gasteiger partial charge in [-0.15, -0.1) is 0 Å². The van der Waals surface area contributed by atoms with Gasteiger partial charge in [0.2, 0.25) is 0 Å². The molecule has 0 saturated heterocycles. The van der Waals surface area contributed by atoms with Crippen LogP contribution in [0.15, 0.2) is 41.3 Å². The lowest BCUT2D eigenvalue weighted by Gasteiger charge is -2.13. The molecule has 0 saturated carbocycles. The van der Waals surface area contributed by atoms with Crippen molar-refractivity contribution < 1.29 is 12.8 Å². The minimum atomic E-state index is -3.99. The van der Waals surface area contributed by atoms with E-state index in [0.717, 1.165) is 0 Å². The predicted molar refractivity (Wildman–Crippen MR) is 77.8 cm³/mol. The molecule has 0 aliphatic rings. The molecule has 0 fully saturated rings. The molecule has 4 nitrogen and oxygen atoms in total. The Morgan fingerprint density at radius 3 is 2.50 bits per heavy atom. The van der Waals surface area contributed by atoms with Crippen LogP contribution in [0.5, 0.6) is 0 Å². The molecule has 0 aromatic heterocycles. The number of aryl methyl sites for hydroxylation is 1. The van der Waals surface area contributed by atoms with E-state index in [4.69, 9.17) is 17.3 Å². The number of hydrogen-bond acceptors (Lipinski definition) is 3. The van der Waals surface area contributed by atoms with Crippen molar-refractivity contribution in [3.05, 3.63) is 52.8 Å². The lowest BCUT2D eigenvalue weighted by molar-refractivity contribution is 0.598. The van der Waals surface area contributed by atoms with E-state index >= 15 is 0 Å². The van der Waals surface area contributed by atoms with E-state index in [-0.39, 0.29) is 21.3 Å². The first kappa shape index (κ1) is 14.6. The molecule has 0 spiro atoms. The lowest BCUT2D eigenvalue weighted by atomic mass is 10.2. The van der Waals surface area contributed by atoms with E-state index < -0.39 is 15.8 Å². The van der Waals surface area contributed by atoms with Gasteiger partial charge in [0.1, 0.15) is 4.90 Å². The third-order valence-corrected chi connectivity index (χ3v) is 4.58. The molecule has 106 valence electrons. The van der Waals surface area contributed by atoms with Crippen molar-refractivity contribution in [2.24, 2.45) is 0 Å². The van der Waals surface area contributed by atoms with Gasteiger partial charge in [0, 0.05) is 0 Å². The lowest BCUT2D eigenvalue weighted by Crippen LogP contribution is -2.17. The zero-order chi connectivity index (χ0) is 14.9. The van der Waals surface area contributed by atoms with Crippen LogP contribution >= 0.6 is 11.6 Å². The first-order valence-corrected chi connectivity index (χ1v) is 7.51. The molecular weight excluding hydrogens is 303 g/mol. The fourth-order valence-corrected chi connectivity index (χ4v) is 3.41. The number of rotatable bonds is 3. The molecule has 7 heteroatoms. The zero-order valence-corrected chi connectivity index (χ0v) is 12.1. The van der Waals surface area contributed by atoms with Crippen molar-refractivity contribution in [3.8, 4) is 0 Å². The van der Waals surface area contributed by atoms with Gasteiger partial charge in [-0.1, -0.05) is 29.8 Å². The average Bonchev–Trinajstić information content (AvgIpc) is 2.34. The molecule has 0 radical (unpaired) electrons. The van der Waals surface area contributed by atoms with Gasteiger partial charge in [0.15, 0.2) is 5.82 Å². The highest BCUT2D eigenvalue weighted by atomic mass is 35.5. The Bertz CT molecular complexity index is 743. The van der Waals surface area contributed by atoms with E-state index in [1.807, 2.05) is 0 Å². The van der Waals surface area contributed by atoms with Crippen molar-refractivity contribution in [1.29, 1.82) is 0 Å². The highest BCUT2D eigenvalue weighted by Crippen LogP contribution is 2.28. The van der Waals surface area contributed by atoms with Gasteiger partial charge >= 0.3 is 0 Å². The summed E-state index contributed by atoms with van der Waals surface area (Å²) in [4.78, 5) is -0.0700. The van der Waals surface area contributed by atoms with Crippen LogP contribution in [0, 0.1) is 12.7 Å². The fraction of sp³-hybridized carbons (Fsp3) is 0.0769. The Balaban J connectivity index is 2.50. The maximum Gasteiger partial charge on any atom is 0.264 e. The molecule has 0 aliphatic carbocycles. The van der Waals surface area contributed by atoms with Crippen LogP contribution in [0.3, 0.4) is 0 Å². The zero-order valence-electron chi connectivity index (χ0n) is 10.5. The normalized spacial score (nSPS) is 11.3. The van der Waals surface area contributed by atoms with Crippen LogP contribution in [0.25, 0.3) is 0 Å². The van der Waals surface area contributed by atoms with Crippen LogP contribution in [0.4, 0.5) is 15.8 Å². The van der Waals surface area contributed by atoms with Crippen molar-refractivity contribution in [3.63, 3.8) is 0 Å². The van der Waals surface area contributed by atoms with Crippen LogP contribution in [-0.2, 0) is 10.0 Å². The van der Waals surface area contributed by atoms with E-state index in [0.29, 0.717) is 5.56 Å². The number of hydrogen-bond donors (Lipinski definition) is 2. The number of halogens is 2. The Kier molecular flexibility index (Phi) is 3.87. The number of anilines is 2. The highest BCUT2D eigenvalue weighted by molar-refractivity contribution is 7.93. The summed E-state index contributed by atoms with van der Waals surface area (Å²) in [6, 6.07) is 8.79. The minimum absolute atomic E-state index is 0.0700.